The Balaban J connectivity index is 0. The highest BCUT2D eigenvalue weighted by molar-refractivity contribution is 6.17. The number of rotatable bonds is 11. The number of quaternary nitrogens is 1. The summed E-state index contributed by atoms with van der Waals surface area (Å²) in [6.07, 6.45) is 11.3. The van der Waals surface area contributed by atoms with Crippen LogP contribution in [0.4, 0.5) is 0 Å². The fraction of sp³-hybridized carbons (Fsp3) is 1.00. The highest BCUT2D eigenvalue weighted by atomic mass is 127. The van der Waals surface area contributed by atoms with E-state index in [1.807, 2.05) is 0 Å². The first kappa shape index (κ1) is 20.3. The predicted molar refractivity (Wildman–Crippen MR) is 75.2 cm³/mol. The summed E-state index contributed by atoms with van der Waals surface area (Å²) in [5.74, 6) is 0.782. The van der Waals surface area contributed by atoms with Crippen LogP contribution in [0.15, 0.2) is 0 Å². The van der Waals surface area contributed by atoms with Gasteiger partial charge in [-0.15, -0.1) is 11.6 Å². The van der Waals surface area contributed by atoms with E-state index >= 15 is 0 Å². The predicted octanol–water partition coefficient (Wildman–Crippen LogP) is 1.45. The van der Waals surface area contributed by atoms with Crippen molar-refractivity contribution in [2.24, 2.45) is 0 Å². The van der Waals surface area contributed by atoms with Gasteiger partial charge in [-0.2, -0.15) is 0 Å². The standard InChI is InChI=1S/C14H31ClN.HI/c1-4-5-6-7-8-9-10-11-13-16(2,3)14-12-15;/h4-14H2,1-3H3;1H/q+1;/p-1. The van der Waals surface area contributed by atoms with Crippen molar-refractivity contribution < 1.29 is 28.5 Å². The van der Waals surface area contributed by atoms with Crippen LogP contribution in [-0.4, -0.2) is 37.5 Å². The fourth-order valence-electron chi connectivity index (χ4n) is 2.01. The van der Waals surface area contributed by atoms with Crippen molar-refractivity contribution in [1.82, 2.24) is 0 Å². The zero-order valence-corrected chi connectivity index (χ0v) is 14.9. The third-order valence-electron chi connectivity index (χ3n) is 3.31. The molecule has 0 bridgehead atoms. The lowest BCUT2D eigenvalue weighted by Crippen LogP contribution is -3.00. The van der Waals surface area contributed by atoms with Crippen LogP contribution in [0.3, 0.4) is 0 Å². The van der Waals surface area contributed by atoms with Gasteiger partial charge in [-0.05, 0) is 12.8 Å². The Kier molecular flexibility index (Phi) is 16.0. The van der Waals surface area contributed by atoms with Crippen LogP contribution in [0.1, 0.15) is 58.3 Å². The molecule has 3 heteroatoms. The van der Waals surface area contributed by atoms with Gasteiger partial charge in [0.05, 0.1) is 33.1 Å². The van der Waals surface area contributed by atoms with Crippen molar-refractivity contribution in [3.05, 3.63) is 0 Å². The van der Waals surface area contributed by atoms with Gasteiger partial charge in [0.1, 0.15) is 0 Å². The molecule has 0 saturated carbocycles. The lowest BCUT2D eigenvalue weighted by Gasteiger charge is -2.28. The first-order valence-electron chi connectivity index (χ1n) is 7.00. The van der Waals surface area contributed by atoms with Crippen molar-refractivity contribution >= 4 is 11.6 Å². The van der Waals surface area contributed by atoms with E-state index in [0.29, 0.717) is 0 Å². The van der Waals surface area contributed by atoms with Crippen molar-refractivity contribution in [3.8, 4) is 0 Å². The number of halogens is 2. The van der Waals surface area contributed by atoms with Crippen LogP contribution < -0.4 is 24.0 Å². The molecular weight excluding hydrogens is 345 g/mol. The average molecular weight is 376 g/mol. The second-order valence-electron chi connectivity index (χ2n) is 5.55. The largest absolute Gasteiger partial charge is 1.00 e. The normalized spacial score (nSPS) is 11.3. The summed E-state index contributed by atoms with van der Waals surface area (Å²) in [7, 11) is 4.56. The van der Waals surface area contributed by atoms with Gasteiger partial charge in [0.25, 0.3) is 0 Å². The third-order valence-corrected chi connectivity index (χ3v) is 3.48. The van der Waals surface area contributed by atoms with Gasteiger partial charge in [-0.1, -0.05) is 45.4 Å². The topological polar surface area (TPSA) is 0 Å². The van der Waals surface area contributed by atoms with Crippen molar-refractivity contribution in [1.29, 1.82) is 0 Å². The number of hydrogen-bond acceptors (Lipinski definition) is 0. The van der Waals surface area contributed by atoms with E-state index in [2.05, 4.69) is 21.0 Å². The first-order chi connectivity index (χ1) is 7.62. The van der Waals surface area contributed by atoms with Gasteiger partial charge in [0.15, 0.2) is 0 Å². The van der Waals surface area contributed by atoms with Gasteiger partial charge < -0.3 is 28.5 Å². The molecule has 106 valence electrons. The smallest absolute Gasteiger partial charge is 0.0920 e. The Morgan fingerprint density at radius 2 is 1.24 bits per heavy atom. The summed E-state index contributed by atoms with van der Waals surface area (Å²) >= 11 is 5.78. The fourth-order valence-corrected chi connectivity index (χ4v) is 2.47. The molecule has 0 rings (SSSR count). The Morgan fingerprint density at radius 1 is 0.765 bits per heavy atom. The molecule has 0 aromatic heterocycles. The summed E-state index contributed by atoms with van der Waals surface area (Å²) in [5.41, 5.74) is 0. The van der Waals surface area contributed by atoms with Crippen molar-refractivity contribution in [2.45, 2.75) is 58.3 Å². The van der Waals surface area contributed by atoms with Crippen LogP contribution in [0.5, 0.6) is 0 Å². The highest BCUT2D eigenvalue weighted by Crippen LogP contribution is 2.10. The number of alkyl halides is 1. The Labute approximate surface area is 131 Å². The minimum absolute atomic E-state index is 0. The molecule has 0 aliphatic carbocycles. The second kappa shape index (κ2) is 13.4. The molecule has 0 atom stereocenters. The van der Waals surface area contributed by atoms with E-state index in [1.165, 1.54) is 57.9 Å². The monoisotopic (exact) mass is 375 g/mol. The maximum absolute atomic E-state index is 5.78. The van der Waals surface area contributed by atoms with E-state index in [9.17, 15) is 0 Å². The first-order valence-corrected chi connectivity index (χ1v) is 7.54. The minimum Gasteiger partial charge on any atom is -1.00 e. The lowest BCUT2D eigenvalue weighted by atomic mass is 10.1. The van der Waals surface area contributed by atoms with E-state index in [0.717, 1.165) is 16.9 Å². The van der Waals surface area contributed by atoms with Gasteiger partial charge in [0, 0.05) is 0 Å². The zero-order valence-electron chi connectivity index (χ0n) is 12.0. The number of hydrogen-bond donors (Lipinski definition) is 0. The van der Waals surface area contributed by atoms with Gasteiger partial charge in [-0.25, -0.2) is 0 Å². The van der Waals surface area contributed by atoms with E-state index in [1.54, 1.807) is 0 Å². The number of nitrogens with zero attached hydrogens (tertiary/aromatic N) is 1. The Morgan fingerprint density at radius 3 is 1.71 bits per heavy atom. The van der Waals surface area contributed by atoms with Gasteiger partial charge in [-0.3, -0.25) is 0 Å². The maximum atomic E-state index is 5.78. The molecular formula is C14H31ClIN. The third kappa shape index (κ3) is 14.9. The van der Waals surface area contributed by atoms with Crippen molar-refractivity contribution in [2.75, 3.05) is 33.1 Å². The molecule has 0 spiro atoms. The molecule has 0 aliphatic heterocycles. The Hall–Kier alpha value is 0.980. The average Bonchev–Trinajstić information content (AvgIpc) is 2.22. The molecule has 1 nitrogen and oxygen atoms in total. The molecule has 0 radical (unpaired) electrons. The van der Waals surface area contributed by atoms with E-state index < -0.39 is 0 Å². The SMILES string of the molecule is CCCCCCCCCC[N+](C)(C)CCCl.[I-]. The van der Waals surface area contributed by atoms with Crippen LogP contribution in [0, 0.1) is 0 Å². The molecule has 0 N–H and O–H groups in total. The maximum Gasteiger partial charge on any atom is 0.0920 e. The molecule has 0 unspecified atom stereocenters. The zero-order chi connectivity index (χ0) is 12.3. The van der Waals surface area contributed by atoms with Crippen LogP contribution in [0.2, 0.25) is 0 Å². The van der Waals surface area contributed by atoms with Crippen LogP contribution in [0.25, 0.3) is 0 Å². The van der Waals surface area contributed by atoms with Crippen LogP contribution >= 0.6 is 11.6 Å². The lowest BCUT2D eigenvalue weighted by molar-refractivity contribution is -0.888. The van der Waals surface area contributed by atoms with Gasteiger partial charge in [0.2, 0.25) is 0 Å². The summed E-state index contributed by atoms with van der Waals surface area (Å²) in [5, 5.41) is 0. The number of unbranched alkanes of at least 4 members (excludes halogenated alkanes) is 7. The summed E-state index contributed by atoms with van der Waals surface area (Å²) in [4.78, 5) is 0. The van der Waals surface area contributed by atoms with E-state index in [4.69, 9.17) is 11.6 Å². The molecule has 0 aromatic carbocycles. The molecule has 0 aromatic rings. The molecule has 0 saturated heterocycles. The molecule has 0 heterocycles. The quantitative estimate of drug-likeness (QED) is 0.222. The van der Waals surface area contributed by atoms with Gasteiger partial charge >= 0.3 is 0 Å². The summed E-state index contributed by atoms with van der Waals surface area (Å²) < 4.78 is 1.08. The highest BCUT2D eigenvalue weighted by Gasteiger charge is 2.12. The molecule has 0 fully saturated rings. The van der Waals surface area contributed by atoms with Crippen LogP contribution in [-0.2, 0) is 0 Å². The second-order valence-corrected chi connectivity index (χ2v) is 5.92. The molecule has 0 amide bonds. The van der Waals surface area contributed by atoms with E-state index in [-0.39, 0.29) is 24.0 Å². The Bertz CT molecular complexity index is 151. The summed E-state index contributed by atoms with van der Waals surface area (Å²) in [6.45, 7) is 4.65. The summed E-state index contributed by atoms with van der Waals surface area (Å²) in [6, 6.07) is 0. The minimum atomic E-state index is 0. The molecule has 17 heavy (non-hydrogen) atoms. The van der Waals surface area contributed by atoms with Crippen molar-refractivity contribution in [3.63, 3.8) is 0 Å². The molecule has 0 aliphatic rings.